The topological polar surface area (TPSA) is 21.3 Å². The largest absolute Gasteiger partial charge is 0.378 e. The zero-order valence-electron chi connectivity index (χ0n) is 9.74. The van der Waals surface area contributed by atoms with E-state index in [-0.39, 0.29) is 0 Å². The molecule has 0 aromatic carbocycles. The molecule has 1 heterocycles. The molecule has 0 saturated carbocycles. The van der Waals surface area contributed by atoms with Gasteiger partial charge < -0.3 is 10.1 Å². The van der Waals surface area contributed by atoms with Crippen LogP contribution in [0.5, 0.6) is 0 Å². The maximum Gasteiger partial charge on any atom is 0.0590 e. The van der Waals surface area contributed by atoms with E-state index < -0.39 is 0 Å². The van der Waals surface area contributed by atoms with E-state index in [0.717, 1.165) is 6.61 Å². The number of allylic oxidation sites excluding steroid dienone is 1. The van der Waals surface area contributed by atoms with Gasteiger partial charge in [0.1, 0.15) is 0 Å². The summed E-state index contributed by atoms with van der Waals surface area (Å²) in [5, 5.41) is 3.68. The zero-order chi connectivity index (χ0) is 10.5. The van der Waals surface area contributed by atoms with Crippen LogP contribution in [0.15, 0.2) is 12.2 Å². The van der Waals surface area contributed by atoms with Crippen molar-refractivity contribution in [2.45, 2.75) is 63.6 Å². The molecule has 1 aliphatic heterocycles. The van der Waals surface area contributed by atoms with Crippen molar-refractivity contribution in [3.05, 3.63) is 12.2 Å². The highest BCUT2D eigenvalue weighted by Gasteiger charge is 2.19. The van der Waals surface area contributed by atoms with Gasteiger partial charge in [0.15, 0.2) is 0 Å². The average Bonchev–Trinajstić information content (AvgIpc) is 2.71. The molecule has 3 atom stereocenters. The normalized spacial score (nSPS) is 33.1. The number of rotatable bonds is 4. The molecule has 0 spiro atoms. The van der Waals surface area contributed by atoms with Gasteiger partial charge in [-0.05, 0) is 45.4 Å². The van der Waals surface area contributed by atoms with Gasteiger partial charge in [0.25, 0.3) is 0 Å². The number of nitrogens with one attached hydrogen (secondary N) is 1. The fourth-order valence-electron chi connectivity index (χ4n) is 2.61. The summed E-state index contributed by atoms with van der Waals surface area (Å²) < 4.78 is 5.65. The summed E-state index contributed by atoms with van der Waals surface area (Å²) in [4.78, 5) is 0. The fraction of sp³-hybridized carbons (Fsp3) is 0.846. The van der Waals surface area contributed by atoms with Crippen LogP contribution in [0.2, 0.25) is 0 Å². The molecule has 0 aromatic rings. The number of ether oxygens (including phenoxy) is 1. The van der Waals surface area contributed by atoms with Crippen LogP contribution in [0.25, 0.3) is 0 Å². The SMILES string of the molecule is CC(CC1CCCO1)NC1C=CCCC1. The Morgan fingerprint density at radius 3 is 3.00 bits per heavy atom. The molecule has 3 unspecified atom stereocenters. The Morgan fingerprint density at radius 2 is 2.33 bits per heavy atom. The van der Waals surface area contributed by atoms with Crippen LogP contribution in [-0.4, -0.2) is 24.8 Å². The highest BCUT2D eigenvalue weighted by atomic mass is 16.5. The van der Waals surface area contributed by atoms with Crippen LogP contribution in [0.1, 0.15) is 45.4 Å². The summed E-state index contributed by atoms with van der Waals surface area (Å²) in [5.41, 5.74) is 0. The lowest BCUT2D eigenvalue weighted by atomic mass is 10.0. The minimum atomic E-state index is 0.514. The lowest BCUT2D eigenvalue weighted by Crippen LogP contribution is -2.38. The predicted octanol–water partition coefficient (Wildman–Crippen LogP) is 2.64. The van der Waals surface area contributed by atoms with Crippen molar-refractivity contribution in [1.82, 2.24) is 5.32 Å². The third kappa shape index (κ3) is 3.62. The summed E-state index contributed by atoms with van der Waals surface area (Å²) in [7, 11) is 0. The molecular formula is C13H23NO. The zero-order valence-corrected chi connectivity index (χ0v) is 9.74. The van der Waals surface area contributed by atoms with E-state index in [1.54, 1.807) is 0 Å². The minimum Gasteiger partial charge on any atom is -0.378 e. The standard InChI is InChI=1S/C13H23NO/c1-11(10-13-8-5-9-15-13)14-12-6-3-2-4-7-12/h3,6,11-14H,2,4-5,7-10H2,1H3. The predicted molar refractivity (Wildman–Crippen MR) is 63.0 cm³/mol. The maximum atomic E-state index is 5.65. The molecule has 2 rings (SSSR count). The first-order chi connectivity index (χ1) is 7.34. The van der Waals surface area contributed by atoms with Gasteiger partial charge in [-0.2, -0.15) is 0 Å². The first-order valence-electron chi connectivity index (χ1n) is 6.39. The van der Waals surface area contributed by atoms with Gasteiger partial charge in [0.05, 0.1) is 6.10 Å². The Kier molecular flexibility index (Phi) is 4.21. The van der Waals surface area contributed by atoms with Crippen LogP contribution >= 0.6 is 0 Å². The maximum absolute atomic E-state index is 5.65. The van der Waals surface area contributed by atoms with E-state index in [1.165, 1.54) is 38.5 Å². The van der Waals surface area contributed by atoms with E-state index in [2.05, 4.69) is 24.4 Å². The highest BCUT2D eigenvalue weighted by Crippen LogP contribution is 2.18. The van der Waals surface area contributed by atoms with Crippen molar-refractivity contribution >= 4 is 0 Å². The second-order valence-electron chi connectivity index (χ2n) is 4.90. The molecule has 1 aliphatic carbocycles. The summed E-state index contributed by atoms with van der Waals surface area (Å²) in [6, 6.07) is 1.19. The second-order valence-corrected chi connectivity index (χ2v) is 4.90. The van der Waals surface area contributed by atoms with Gasteiger partial charge in [0, 0.05) is 18.7 Å². The molecule has 2 heteroatoms. The Labute approximate surface area is 93.1 Å². The highest BCUT2D eigenvalue weighted by molar-refractivity contribution is 4.98. The molecule has 0 radical (unpaired) electrons. The molecule has 15 heavy (non-hydrogen) atoms. The van der Waals surface area contributed by atoms with Crippen LogP contribution in [0.3, 0.4) is 0 Å². The van der Waals surface area contributed by atoms with Gasteiger partial charge in [-0.3, -0.25) is 0 Å². The van der Waals surface area contributed by atoms with Crippen molar-refractivity contribution in [3.63, 3.8) is 0 Å². The Bertz CT molecular complexity index is 209. The van der Waals surface area contributed by atoms with Crippen molar-refractivity contribution in [1.29, 1.82) is 0 Å². The second kappa shape index (κ2) is 5.66. The Morgan fingerprint density at radius 1 is 1.40 bits per heavy atom. The van der Waals surface area contributed by atoms with Crippen molar-refractivity contribution in [2.24, 2.45) is 0 Å². The molecule has 0 aromatic heterocycles. The van der Waals surface area contributed by atoms with Gasteiger partial charge in [-0.15, -0.1) is 0 Å². The molecule has 86 valence electrons. The molecular weight excluding hydrogens is 186 g/mol. The molecule has 0 bridgehead atoms. The van der Waals surface area contributed by atoms with Crippen molar-refractivity contribution in [2.75, 3.05) is 6.61 Å². The molecule has 1 saturated heterocycles. The van der Waals surface area contributed by atoms with Crippen LogP contribution in [0.4, 0.5) is 0 Å². The third-order valence-corrected chi connectivity index (χ3v) is 3.39. The Hall–Kier alpha value is -0.340. The van der Waals surface area contributed by atoms with Crippen LogP contribution < -0.4 is 5.32 Å². The van der Waals surface area contributed by atoms with Crippen molar-refractivity contribution < 1.29 is 4.74 Å². The summed E-state index contributed by atoms with van der Waals surface area (Å²) >= 11 is 0. The third-order valence-electron chi connectivity index (χ3n) is 3.39. The van der Waals surface area contributed by atoms with E-state index in [4.69, 9.17) is 4.74 Å². The molecule has 1 fully saturated rings. The fourth-order valence-corrected chi connectivity index (χ4v) is 2.61. The van der Waals surface area contributed by atoms with Gasteiger partial charge in [-0.25, -0.2) is 0 Å². The molecule has 2 aliphatic rings. The molecule has 0 amide bonds. The Balaban J connectivity index is 1.68. The molecule has 2 nitrogen and oxygen atoms in total. The van der Waals surface area contributed by atoms with E-state index in [1.807, 2.05) is 0 Å². The lowest BCUT2D eigenvalue weighted by Gasteiger charge is -2.24. The van der Waals surface area contributed by atoms with Crippen molar-refractivity contribution in [3.8, 4) is 0 Å². The van der Waals surface area contributed by atoms with Crippen LogP contribution in [-0.2, 0) is 4.74 Å². The van der Waals surface area contributed by atoms with Gasteiger partial charge in [-0.1, -0.05) is 12.2 Å². The monoisotopic (exact) mass is 209 g/mol. The summed E-state index contributed by atoms with van der Waals surface area (Å²) in [6.07, 6.45) is 12.7. The first-order valence-corrected chi connectivity index (χ1v) is 6.39. The number of hydrogen-bond acceptors (Lipinski definition) is 2. The van der Waals surface area contributed by atoms with E-state index in [0.29, 0.717) is 18.2 Å². The van der Waals surface area contributed by atoms with Gasteiger partial charge in [0.2, 0.25) is 0 Å². The van der Waals surface area contributed by atoms with E-state index >= 15 is 0 Å². The van der Waals surface area contributed by atoms with Crippen LogP contribution in [0, 0.1) is 0 Å². The molecule has 1 N–H and O–H groups in total. The average molecular weight is 209 g/mol. The minimum absolute atomic E-state index is 0.514. The summed E-state index contributed by atoms with van der Waals surface area (Å²) in [5.74, 6) is 0. The smallest absolute Gasteiger partial charge is 0.0590 e. The first kappa shape index (κ1) is 11.2. The van der Waals surface area contributed by atoms with Gasteiger partial charge >= 0.3 is 0 Å². The summed E-state index contributed by atoms with van der Waals surface area (Å²) in [6.45, 7) is 3.25. The number of hydrogen-bond donors (Lipinski definition) is 1. The lowest BCUT2D eigenvalue weighted by molar-refractivity contribution is 0.0954. The van der Waals surface area contributed by atoms with E-state index in [9.17, 15) is 0 Å². The quantitative estimate of drug-likeness (QED) is 0.719.